The van der Waals surface area contributed by atoms with E-state index in [-0.39, 0.29) is 35.8 Å². The molecule has 418 valence electrons. The van der Waals surface area contributed by atoms with Crippen molar-refractivity contribution in [3.05, 3.63) is 242 Å². The maximum atomic E-state index is 14.2. The van der Waals surface area contributed by atoms with Crippen LogP contribution in [0.3, 0.4) is 0 Å². The Morgan fingerprint density at radius 1 is 0.333 bits per heavy atom. The molecule has 0 N–H and O–H groups in total. The number of hydrogen-bond donors (Lipinski definition) is 0. The predicted octanol–water partition coefficient (Wildman–Crippen LogP) is 14.6. The highest BCUT2D eigenvalue weighted by Crippen LogP contribution is 2.43. The van der Waals surface area contributed by atoms with E-state index in [1.54, 1.807) is 140 Å². The highest BCUT2D eigenvalue weighted by Gasteiger charge is 2.21. The number of hydrogen-bond acceptors (Lipinski definition) is 14. The lowest BCUT2D eigenvalue weighted by atomic mass is 9.92. The molecule has 0 bridgehead atoms. The summed E-state index contributed by atoms with van der Waals surface area (Å²) in [6, 6.07) is 56.4. The van der Waals surface area contributed by atoms with E-state index in [4.69, 9.17) is 37.9 Å². The topological polar surface area (TPSA) is 176 Å². The number of esters is 6. The van der Waals surface area contributed by atoms with Gasteiger partial charge in [0.15, 0.2) is 0 Å². The van der Waals surface area contributed by atoms with E-state index in [0.29, 0.717) is 94.9 Å². The summed E-state index contributed by atoms with van der Waals surface area (Å²) in [5.41, 5.74) is 2.52. The molecule has 0 spiro atoms. The van der Waals surface area contributed by atoms with Gasteiger partial charge in [-0.1, -0.05) is 92.0 Å². The molecule has 0 aliphatic carbocycles. The number of benzene rings is 10. The van der Waals surface area contributed by atoms with Gasteiger partial charge in [0.2, 0.25) is 0 Å². The molecule has 84 heavy (non-hydrogen) atoms. The van der Waals surface area contributed by atoms with Gasteiger partial charge < -0.3 is 37.9 Å². The van der Waals surface area contributed by atoms with E-state index in [1.165, 1.54) is 0 Å². The Bertz CT molecular complexity index is 4150. The standard InChI is InChI=1S/C70H54O14/c1-3-64(71)79-37-11-9-35-77-55-28-21-46(22-29-55)67(73)81-57-32-25-48-39-53(19-17-50(48)41-57)69(75)83-59-43-52-14-6-7-15-60(52)62(44-59)66-61-16-8-5-13-45(61)27-34-63(66)84-70(76)54-20-18-51-42-58(33-26-49(51)40-54)82-68(74)47-23-30-56(31-24-47)78-36-10-12-38-80-65(72)4-2/h3-8,13-34,39-44H,1-2,9-12,35-38H2. The Hall–Kier alpha value is -10.9. The highest BCUT2D eigenvalue weighted by molar-refractivity contribution is 6.10. The summed E-state index contributed by atoms with van der Waals surface area (Å²) in [5.74, 6) is -0.887. The van der Waals surface area contributed by atoms with Crippen molar-refractivity contribution in [2.24, 2.45) is 0 Å². The average Bonchev–Trinajstić information content (AvgIpc) is 2.92. The lowest BCUT2D eigenvalue weighted by Crippen LogP contribution is -2.10. The van der Waals surface area contributed by atoms with Gasteiger partial charge in [0.05, 0.1) is 48.7 Å². The summed E-state index contributed by atoms with van der Waals surface area (Å²) < 4.78 is 45.3. The van der Waals surface area contributed by atoms with Gasteiger partial charge in [-0.3, -0.25) is 0 Å². The van der Waals surface area contributed by atoms with Crippen molar-refractivity contribution in [2.45, 2.75) is 25.7 Å². The minimum absolute atomic E-state index is 0.266. The van der Waals surface area contributed by atoms with Gasteiger partial charge >= 0.3 is 35.8 Å². The molecule has 14 heteroatoms. The zero-order valence-corrected chi connectivity index (χ0v) is 45.4. The van der Waals surface area contributed by atoms with Crippen LogP contribution in [0.15, 0.2) is 219 Å². The molecular weight excluding hydrogens is 1060 g/mol. The molecule has 0 unspecified atom stereocenters. The number of rotatable bonds is 23. The smallest absolute Gasteiger partial charge is 0.343 e. The van der Waals surface area contributed by atoms with Crippen LogP contribution in [-0.4, -0.2) is 62.2 Å². The first-order valence-electron chi connectivity index (χ1n) is 27.0. The molecule has 0 saturated heterocycles. The van der Waals surface area contributed by atoms with E-state index < -0.39 is 35.8 Å². The molecule has 0 aliphatic rings. The third kappa shape index (κ3) is 14.0. The maximum Gasteiger partial charge on any atom is 0.343 e. The van der Waals surface area contributed by atoms with Gasteiger partial charge in [-0.25, -0.2) is 28.8 Å². The molecule has 14 nitrogen and oxygen atoms in total. The first-order chi connectivity index (χ1) is 41.0. The van der Waals surface area contributed by atoms with Crippen LogP contribution < -0.4 is 28.4 Å². The number of fused-ring (bicyclic) bond motifs is 4. The van der Waals surface area contributed by atoms with Gasteiger partial charge in [-0.05, 0) is 190 Å². The van der Waals surface area contributed by atoms with Crippen molar-refractivity contribution in [1.82, 2.24) is 0 Å². The Morgan fingerprint density at radius 2 is 0.726 bits per heavy atom. The monoisotopic (exact) mass is 1120 g/mol. The fourth-order valence-corrected chi connectivity index (χ4v) is 9.27. The third-order valence-corrected chi connectivity index (χ3v) is 13.5. The molecule has 10 rings (SSSR count). The maximum absolute atomic E-state index is 14.2. The van der Waals surface area contributed by atoms with Crippen molar-refractivity contribution < 1.29 is 66.7 Å². The Balaban J connectivity index is 0.802. The Kier molecular flexibility index (Phi) is 17.9. The molecule has 0 aromatic heterocycles. The Morgan fingerprint density at radius 3 is 1.26 bits per heavy atom. The number of carbonyl (C=O) groups excluding carboxylic acids is 6. The number of unbranched alkanes of at least 4 members (excludes halogenated alkanes) is 2. The van der Waals surface area contributed by atoms with Crippen LogP contribution >= 0.6 is 0 Å². The predicted molar refractivity (Wildman–Crippen MR) is 319 cm³/mol. The molecule has 10 aromatic carbocycles. The second-order valence-electron chi connectivity index (χ2n) is 19.3. The first kappa shape index (κ1) is 56.4. The van der Waals surface area contributed by atoms with E-state index in [9.17, 15) is 28.8 Å². The third-order valence-electron chi connectivity index (χ3n) is 13.5. The Labute approximate surface area is 483 Å². The van der Waals surface area contributed by atoms with Gasteiger partial charge in [0.1, 0.15) is 34.5 Å². The van der Waals surface area contributed by atoms with Crippen molar-refractivity contribution in [1.29, 1.82) is 0 Å². The van der Waals surface area contributed by atoms with Crippen LogP contribution in [0.5, 0.6) is 34.5 Å². The minimum atomic E-state index is -0.605. The molecule has 0 radical (unpaired) electrons. The first-order valence-corrected chi connectivity index (χ1v) is 27.0. The zero-order valence-electron chi connectivity index (χ0n) is 45.4. The number of carbonyl (C=O) groups is 6. The van der Waals surface area contributed by atoms with Crippen molar-refractivity contribution in [2.75, 3.05) is 26.4 Å². The van der Waals surface area contributed by atoms with Gasteiger partial charge in [0, 0.05) is 17.7 Å². The van der Waals surface area contributed by atoms with E-state index in [0.717, 1.165) is 44.5 Å². The van der Waals surface area contributed by atoms with Crippen LogP contribution in [0.2, 0.25) is 0 Å². The van der Waals surface area contributed by atoms with Crippen molar-refractivity contribution in [3.63, 3.8) is 0 Å². The summed E-state index contributed by atoms with van der Waals surface area (Å²) in [7, 11) is 0. The van der Waals surface area contributed by atoms with E-state index >= 15 is 0 Å². The van der Waals surface area contributed by atoms with Crippen molar-refractivity contribution >= 4 is 78.9 Å². The van der Waals surface area contributed by atoms with Crippen LogP contribution in [0.4, 0.5) is 0 Å². The van der Waals surface area contributed by atoms with E-state index in [2.05, 4.69) is 13.2 Å². The summed E-state index contributed by atoms with van der Waals surface area (Å²) in [4.78, 5) is 76.8. The van der Waals surface area contributed by atoms with E-state index in [1.807, 2.05) is 54.6 Å². The molecule has 10 aromatic rings. The summed E-state index contributed by atoms with van der Waals surface area (Å²) >= 11 is 0. The molecule has 0 heterocycles. The average molecular weight is 1120 g/mol. The second-order valence-corrected chi connectivity index (χ2v) is 19.3. The quantitative estimate of drug-likeness (QED) is 0.0256. The normalized spacial score (nSPS) is 10.9. The lowest BCUT2D eigenvalue weighted by molar-refractivity contribution is -0.138. The minimum Gasteiger partial charge on any atom is -0.494 e. The van der Waals surface area contributed by atoms with Gasteiger partial charge in [0.25, 0.3) is 0 Å². The van der Waals surface area contributed by atoms with Crippen LogP contribution in [0.25, 0.3) is 54.2 Å². The largest absolute Gasteiger partial charge is 0.494 e. The molecule has 0 saturated carbocycles. The summed E-state index contributed by atoms with van der Waals surface area (Å²) in [6.45, 7) is 8.13. The summed E-state index contributed by atoms with van der Waals surface area (Å²) in [6.07, 6.45) is 4.86. The van der Waals surface area contributed by atoms with Crippen LogP contribution in [-0.2, 0) is 19.1 Å². The fourth-order valence-electron chi connectivity index (χ4n) is 9.27. The lowest BCUT2D eigenvalue weighted by Gasteiger charge is -2.17. The SMILES string of the molecule is C=CC(=O)OCCCCOc1ccc(C(=O)Oc2ccc3cc(C(=O)Oc4cc(-c5c(OC(=O)c6ccc7cc(OC(=O)c8ccc(OCCCCOC(=O)C=C)cc8)ccc7c6)ccc6ccccc56)c5ccccc5c4)ccc3c2)cc1. The van der Waals surface area contributed by atoms with Gasteiger partial charge in [-0.2, -0.15) is 0 Å². The van der Waals surface area contributed by atoms with Gasteiger partial charge in [-0.15, -0.1) is 0 Å². The fraction of sp³-hybridized carbons (Fsp3) is 0.114. The summed E-state index contributed by atoms with van der Waals surface area (Å²) in [5, 5.41) is 6.18. The molecule has 0 aliphatic heterocycles. The molecule has 0 atom stereocenters. The second kappa shape index (κ2) is 26.6. The molecular formula is C70H54O14. The molecule has 0 fully saturated rings. The number of ether oxygens (including phenoxy) is 8. The molecule has 0 amide bonds. The zero-order chi connectivity index (χ0) is 58.4. The highest BCUT2D eigenvalue weighted by atomic mass is 16.6. The van der Waals surface area contributed by atoms with Crippen LogP contribution in [0, 0.1) is 0 Å². The van der Waals surface area contributed by atoms with Crippen molar-refractivity contribution in [3.8, 4) is 45.6 Å². The van der Waals surface area contributed by atoms with Crippen LogP contribution in [0.1, 0.15) is 67.1 Å².